The minimum absolute atomic E-state index is 0.617. The predicted octanol–water partition coefficient (Wildman–Crippen LogP) is 2.96. The van der Waals surface area contributed by atoms with Gasteiger partial charge in [0.05, 0.1) is 17.9 Å². The van der Waals surface area contributed by atoms with Crippen LogP contribution in [0.15, 0.2) is 35.3 Å². The molecule has 2 N–H and O–H groups in total. The first-order chi connectivity index (χ1) is 15.6. The van der Waals surface area contributed by atoms with E-state index in [4.69, 9.17) is 4.99 Å². The summed E-state index contributed by atoms with van der Waals surface area (Å²) < 4.78 is 2.01. The van der Waals surface area contributed by atoms with Crippen LogP contribution in [-0.2, 0) is 6.54 Å². The molecular weight excluding hydrogens is 398 g/mol. The van der Waals surface area contributed by atoms with Gasteiger partial charge in [0.1, 0.15) is 0 Å². The largest absolute Gasteiger partial charge is 0.357 e. The van der Waals surface area contributed by atoms with Crippen molar-refractivity contribution in [1.82, 2.24) is 30.2 Å². The first-order valence-electron chi connectivity index (χ1n) is 12.2. The number of nitrogens with zero attached hydrogens (tertiary/aromatic N) is 5. The van der Waals surface area contributed by atoms with Crippen molar-refractivity contribution in [2.45, 2.75) is 47.1 Å². The standard InChI is InChI=1S/C25H41N7/c1-5-26-25(27-13-9-10-14-31-17-15-30(6-2)16-18-31)28-20-23-11-7-8-12-24(23)32-22(4)19-21(3)29-32/h7-8,11-12,19H,5-6,9-10,13-18,20H2,1-4H3,(H2,26,27,28). The van der Waals surface area contributed by atoms with E-state index in [1.165, 1.54) is 51.3 Å². The summed E-state index contributed by atoms with van der Waals surface area (Å²) in [6.45, 7) is 18.1. The monoisotopic (exact) mass is 439 g/mol. The fourth-order valence-corrected chi connectivity index (χ4v) is 4.23. The topological polar surface area (TPSA) is 60.7 Å². The van der Waals surface area contributed by atoms with Crippen molar-refractivity contribution in [2.24, 2.45) is 4.99 Å². The maximum atomic E-state index is 4.85. The minimum Gasteiger partial charge on any atom is -0.357 e. The molecule has 2 heterocycles. The van der Waals surface area contributed by atoms with Gasteiger partial charge >= 0.3 is 0 Å². The lowest BCUT2D eigenvalue weighted by Gasteiger charge is -2.34. The zero-order chi connectivity index (χ0) is 22.8. The highest BCUT2D eigenvalue weighted by Gasteiger charge is 2.14. The fraction of sp³-hybridized carbons (Fsp3) is 0.600. The second-order valence-electron chi connectivity index (χ2n) is 8.57. The predicted molar refractivity (Wildman–Crippen MR) is 134 cm³/mol. The summed E-state index contributed by atoms with van der Waals surface area (Å²) in [6.07, 6.45) is 2.38. The normalized spacial score (nSPS) is 15.8. The van der Waals surface area contributed by atoms with Crippen molar-refractivity contribution in [1.29, 1.82) is 0 Å². The molecule has 0 saturated carbocycles. The molecule has 1 fully saturated rings. The maximum Gasteiger partial charge on any atom is 0.191 e. The van der Waals surface area contributed by atoms with Gasteiger partial charge in [0.25, 0.3) is 0 Å². The molecule has 1 aromatic heterocycles. The van der Waals surface area contributed by atoms with Crippen LogP contribution in [-0.4, -0.2) is 77.9 Å². The third-order valence-corrected chi connectivity index (χ3v) is 6.09. The summed E-state index contributed by atoms with van der Waals surface area (Å²) in [5.74, 6) is 0.882. The summed E-state index contributed by atoms with van der Waals surface area (Å²) in [5.41, 5.74) is 4.44. The van der Waals surface area contributed by atoms with Crippen molar-refractivity contribution in [2.75, 3.05) is 52.4 Å². The number of guanidine groups is 1. The number of piperazine rings is 1. The molecule has 176 valence electrons. The average molecular weight is 440 g/mol. The molecule has 0 spiro atoms. The van der Waals surface area contributed by atoms with E-state index >= 15 is 0 Å². The van der Waals surface area contributed by atoms with Crippen molar-refractivity contribution in [3.05, 3.63) is 47.3 Å². The number of hydrogen-bond donors (Lipinski definition) is 2. The van der Waals surface area contributed by atoms with Crippen LogP contribution in [0, 0.1) is 13.8 Å². The number of aliphatic imine (C=N–C) groups is 1. The van der Waals surface area contributed by atoms with Gasteiger partial charge in [-0.3, -0.25) is 0 Å². The summed E-state index contributed by atoms with van der Waals surface area (Å²) >= 11 is 0. The molecule has 7 heteroatoms. The van der Waals surface area contributed by atoms with E-state index in [2.05, 4.69) is 76.6 Å². The van der Waals surface area contributed by atoms with Crippen molar-refractivity contribution < 1.29 is 0 Å². The number of nitrogens with one attached hydrogen (secondary N) is 2. The lowest BCUT2D eigenvalue weighted by Crippen LogP contribution is -2.46. The van der Waals surface area contributed by atoms with Crippen LogP contribution >= 0.6 is 0 Å². The molecule has 2 aromatic rings. The number of likely N-dealkylation sites (N-methyl/N-ethyl adjacent to an activating group) is 1. The highest BCUT2D eigenvalue weighted by atomic mass is 15.3. The van der Waals surface area contributed by atoms with Gasteiger partial charge in [0.15, 0.2) is 5.96 Å². The molecule has 3 rings (SSSR count). The van der Waals surface area contributed by atoms with E-state index in [0.717, 1.165) is 42.5 Å². The Morgan fingerprint density at radius 2 is 1.75 bits per heavy atom. The van der Waals surface area contributed by atoms with E-state index in [0.29, 0.717) is 6.54 Å². The van der Waals surface area contributed by atoms with Crippen LogP contribution in [0.3, 0.4) is 0 Å². The van der Waals surface area contributed by atoms with Gasteiger partial charge in [0.2, 0.25) is 0 Å². The van der Waals surface area contributed by atoms with Gasteiger partial charge in [-0.2, -0.15) is 5.10 Å². The molecule has 7 nitrogen and oxygen atoms in total. The quantitative estimate of drug-likeness (QED) is 0.339. The number of unbranched alkanes of at least 4 members (excludes halogenated alkanes) is 1. The smallest absolute Gasteiger partial charge is 0.191 e. The Morgan fingerprint density at radius 1 is 1.00 bits per heavy atom. The summed E-state index contributed by atoms with van der Waals surface area (Å²) in [4.78, 5) is 9.98. The van der Waals surface area contributed by atoms with Gasteiger partial charge in [-0.05, 0) is 64.4 Å². The summed E-state index contributed by atoms with van der Waals surface area (Å²) in [6, 6.07) is 10.5. The van der Waals surface area contributed by atoms with E-state index in [1.807, 2.05) is 11.6 Å². The Bertz CT molecular complexity index is 850. The SMILES string of the molecule is CCNC(=NCc1ccccc1-n1nc(C)cc1C)NCCCCN1CCN(CC)CC1. The Balaban J connectivity index is 1.49. The molecule has 0 aliphatic carbocycles. The number of hydrogen-bond acceptors (Lipinski definition) is 4. The lowest BCUT2D eigenvalue weighted by atomic mass is 10.2. The zero-order valence-electron chi connectivity index (χ0n) is 20.4. The van der Waals surface area contributed by atoms with Crippen molar-refractivity contribution >= 4 is 5.96 Å². The molecule has 32 heavy (non-hydrogen) atoms. The molecule has 1 aliphatic heterocycles. The highest BCUT2D eigenvalue weighted by Crippen LogP contribution is 2.17. The molecule has 0 amide bonds. The number of para-hydroxylation sites is 1. The minimum atomic E-state index is 0.617. The summed E-state index contributed by atoms with van der Waals surface area (Å²) in [5, 5.41) is 11.5. The first-order valence-corrected chi connectivity index (χ1v) is 12.2. The van der Waals surface area contributed by atoms with Gasteiger partial charge in [0, 0.05) is 45.0 Å². The molecular formula is C25H41N7. The average Bonchev–Trinajstić information content (AvgIpc) is 3.15. The first kappa shape index (κ1) is 24.3. The molecule has 0 radical (unpaired) electrons. The van der Waals surface area contributed by atoms with E-state index in [9.17, 15) is 0 Å². The van der Waals surface area contributed by atoms with Gasteiger partial charge in [-0.25, -0.2) is 9.67 Å². The van der Waals surface area contributed by atoms with Crippen LogP contribution in [0.25, 0.3) is 5.69 Å². The fourth-order valence-electron chi connectivity index (χ4n) is 4.23. The molecule has 1 aromatic carbocycles. The zero-order valence-corrected chi connectivity index (χ0v) is 20.4. The van der Waals surface area contributed by atoms with Crippen LogP contribution in [0.2, 0.25) is 0 Å². The van der Waals surface area contributed by atoms with Crippen molar-refractivity contribution in [3.63, 3.8) is 0 Å². The molecule has 0 atom stereocenters. The Kier molecular flexibility index (Phi) is 9.56. The van der Waals surface area contributed by atoms with Gasteiger partial charge < -0.3 is 20.4 Å². The van der Waals surface area contributed by atoms with E-state index in [-0.39, 0.29) is 0 Å². The second kappa shape index (κ2) is 12.6. The van der Waals surface area contributed by atoms with Gasteiger partial charge in [-0.15, -0.1) is 0 Å². The number of aromatic nitrogens is 2. The van der Waals surface area contributed by atoms with Gasteiger partial charge in [-0.1, -0.05) is 25.1 Å². The third-order valence-electron chi connectivity index (χ3n) is 6.09. The Hall–Kier alpha value is -2.38. The van der Waals surface area contributed by atoms with E-state index < -0.39 is 0 Å². The number of rotatable bonds is 10. The molecule has 1 aliphatic rings. The molecule has 0 bridgehead atoms. The van der Waals surface area contributed by atoms with Crippen LogP contribution < -0.4 is 10.6 Å². The number of aryl methyl sites for hydroxylation is 2. The molecule has 1 saturated heterocycles. The van der Waals surface area contributed by atoms with Crippen LogP contribution in [0.1, 0.15) is 43.6 Å². The summed E-state index contributed by atoms with van der Waals surface area (Å²) in [7, 11) is 0. The van der Waals surface area contributed by atoms with E-state index in [1.54, 1.807) is 0 Å². The second-order valence-corrected chi connectivity index (χ2v) is 8.57. The van der Waals surface area contributed by atoms with Crippen molar-refractivity contribution in [3.8, 4) is 5.69 Å². The van der Waals surface area contributed by atoms with Crippen LogP contribution in [0.5, 0.6) is 0 Å². The maximum absolute atomic E-state index is 4.85. The Morgan fingerprint density at radius 3 is 2.44 bits per heavy atom. The van der Waals surface area contributed by atoms with Crippen LogP contribution in [0.4, 0.5) is 0 Å². The molecule has 0 unspecified atom stereocenters. The Labute approximate surface area is 193 Å². The number of benzene rings is 1. The highest BCUT2D eigenvalue weighted by molar-refractivity contribution is 5.79. The lowest BCUT2D eigenvalue weighted by molar-refractivity contribution is 0.136. The third kappa shape index (κ3) is 7.07.